The molecule has 1 nitrogen and oxygen atoms in total. The molecule has 2 aliphatic carbocycles. The highest BCUT2D eigenvalue weighted by Gasteiger charge is 2.18. The molecule has 15 heavy (non-hydrogen) atoms. The summed E-state index contributed by atoms with van der Waals surface area (Å²) < 4.78 is 5.73. The van der Waals surface area contributed by atoms with E-state index in [1.807, 2.05) is 6.26 Å². The molecule has 0 saturated heterocycles. The highest BCUT2D eigenvalue weighted by molar-refractivity contribution is 5.20. The Balaban J connectivity index is 1.82. The van der Waals surface area contributed by atoms with Crippen LogP contribution in [-0.4, -0.2) is 6.10 Å². The molecular formula is C14H20O. The van der Waals surface area contributed by atoms with Crippen molar-refractivity contribution in [3.05, 3.63) is 36.6 Å². The van der Waals surface area contributed by atoms with Crippen LogP contribution in [0.4, 0.5) is 0 Å². The minimum atomic E-state index is 0.160. The van der Waals surface area contributed by atoms with Crippen molar-refractivity contribution in [3.63, 3.8) is 0 Å². The van der Waals surface area contributed by atoms with Gasteiger partial charge in [0.2, 0.25) is 0 Å². The van der Waals surface area contributed by atoms with Gasteiger partial charge in [-0.25, -0.2) is 0 Å². The lowest BCUT2D eigenvalue weighted by atomic mass is 9.84. The standard InChI is InChI=1S/C14H20O/c1-14(9-5-2-6-10-14)11-12-15-13-7-3-4-8-13/h2,5-6,9,11-13H,3-4,7-8,10H2,1H3. The molecule has 0 N–H and O–H groups in total. The number of ether oxygens (including phenoxy) is 1. The minimum absolute atomic E-state index is 0.160. The van der Waals surface area contributed by atoms with E-state index < -0.39 is 0 Å². The fourth-order valence-electron chi connectivity index (χ4n) is 2.20. The van der Waals surface area contributed by atoms with E-state index in [0.29, 0.717) is 6.10 Å². The molecule has 0 spiro atoms. The predicted octanol–water partition coefficient (Wildman–Crippen LogP) is 3.98. The molecule has 1 fully saturated rings. The Bertz CT molecular complexity index is 282. The zero-order valence-corrected chi connectivity index (χ0v) is 9.49. The Labute approximate surface area is 92.5 Å². The summed E-state index contributed by atoms with van der Waals surface area (Å²) in [7, 11) is 0. The van der Waals surface area contributed by atoms with Gasteiger partial charge in [-0.3, -0.25) is 0 Å². The summed E-state index contributed by atoms with van der Waals surface area (Å²) in [6.45, 7) is 2.24. The van der Waals surface area contributed by atoms with Gasteiger partial charge in [0, 0.05) is 5.41 Å². The third kappa shape index (κ3) is 2.98. The van der Waals surface area contributed by atoms with Crippen LogP contribution in [0.1, 0.15) is 39.0 Å². The van der Waals surface area contributed by atoms with Crippen molar-refractivity contribution in [1.82, 2.24) is 0 Å². The van der Waals surface area contributed by atoms with Gasteiger partial charge in [0.15, 0.2) is 0 Å². The first-order valence-corrected chi connectivity index (χ1v) is 5.96. The van der Waals surface area contributed by atoms with Crippen molar-refractivity contribution in [1.29, 1.82) is 0 Å². The Kier molecular flexibility index (Phi) is 3.30. The van der Waals surface area contributed by atoms with Crippen LogP contribution in [0.2, 0.25) is 0 Å². The first kappa shape index (κ1) is 10.5. The fraction of sp³-hybridized carbons (Fsp3) is 0.571. The van der Waals surface area contributed by atoms with E-state index in [4.69, 9.17) is 4.74 Å². The molecule has 2 aliphatic rings. The Hall–Kier alpha value is -0.980. The molecule has 82 valence electrons. The molecular weight excluding hydrogens is 184 g/mol. The van der Waals surface area contributed by atoms with Crippen LogP contribution in [0, 0.1) is 5.41 Å². The summed E-state index contributed by atoms with van der Waals surface area (Å²) in [4.78, 5) is 0. The van der Waals surface area contributed by atoms with Crippen LogP contribution in [0.5, 0.6) is 0 Å². The first-order valence-electron chi connectivity index (χ1n) is 5.96. The molecule has 0 radical (unpaired) electrons. The van der Waals surface area contributed by atoms with Gasteiger partial charge < -0.3 is 4.74 Å². The minimum Gasteiger partial charge on any atom is -0.498 e. The van der Waals surface area contributed by atoms with Crippen LogP contribution in [0.25, 0.3) is 0 Å². The van der Waals surface area contributed by atoms with E-state index in [0.717, 1.165) is 6.42 Å². The van der Waals surface area contributed by atoms with Gasteiger partial charge in [-0.2, -0.15) is 0 Å². The molecule has 2 rings (SSSR count). The van der Waals surface area contributed by atoms with Gasteiger partial charge in [-0.05, 0) is 38.2 Å². The van der Waals surface area contributed by atoms with E-state index in [2.05, 4.69) is 37.3 Å². The zero-order chi connectivity index (χ0) is 10.6. The number of rotatable bonds is 3. The van der Waals surface area contributed by atoms with E-state index in [1.54, 1.807) is 0 Å². The Morgan fingerprint density at radius 1 is 1.27 bits per heavy atom. The summed E-state index contributed by atoms with van der Waals surface area (Å²) in [5, 5.41) is 0. The van der Waals surface area contributed by atoms with Crippen molar-refractivity contribution in [2.75, 3.05) is 0 Å². The topological polar surface area (TPSA) is 9.23 Å². The Morgan fingerprint density at radius 3 is 2.73 bits per heavy atom. The van der Waals surface area contributed by atoms with Gasteiger partial charge >= 0.3 is 0 Å². The quantitative estimate of drug-likeness (QED) is 0.632. The van der Waals surface area contributed by atoms with Crippen molar-refractivity contribution in [2.24, 2.45) is 5.41 Å². The largest absolute Gasteiger partial charge is 0.498 e. The first-order chi connectivity index (χ1) is 7.29. The van der Waals surface area contributed by atoms with Crippen LogP contribution >= 0.6 is 0 Å². The molecule has 1 atom stereocenters. The summed E-state index contributed by atoms with van der Waals surface area (Å²) in [5.41, 5.74) is 0.160. The molecule has 1 heteroatoms. The van der Waals surface area contributed by atoms with Crippen molar-refractivity contribution < 1.29 is 4.74 Å². The fourth-order valence-corrected chi connectivity index (χ4v) is 2.20. The molecule has 0 aromatic rings. The van der Waals surface area contributed by atoms with Crippen LogP contribution in [-0.2, 0) is 4.74 Å². The maximum absolute atomic E-state index is 5.73. The normalized spacial score (nSPS) is 31.5. The summed E-state index contributed by atoms with van der Waals surface area (Å²) in [5.74, 6) is 0. The van der Waals surface area contributed by atoms with E-state index in [-0.39, 0.29) is 5.41 Å². The van der Waals surface area contributed by atoms with E-state index >= 15 is 0 Å². The lowest BCUT2D eigenvalue weighted by Gasteiger charge is -2.22. The molecule has 0 heterocycles. The second-order valence-electron chi connectivity index (χ2n) is 4.84. The summed E-state index contributed by atoms with van der Waals surface area (Å²) in [6, 6.07) is 0. The highest BCUT2D eigenvalue weighted by atomic mass is 16.5. The van der Waals surface area contributed by atoms with Gasteiger partial charge in [-0.1, -0.05) is 31.2 Å². The van der Waals surface area contributed by atoms with Crippen LogP contribution < -0.4 is 0 Å². The second-order valence-corrected chi connectivity index (χ2v) is 4.84. The summed E-state index contributed by atoms with van der Waals surface area (Å²) >= 11 is 0. The third-order valence-corrected chi connectivity index (χ3v) is 3.30. The summed E-state index contributed by atoms with van der Waals surface area (Å²) in [6.07, 6.45) is 19.5. The number of allylic oxidation sites excluding steroid dienone is 5. The maximum atomic E-state index is 5.73. The predicted molar refractivity (Wildman–Crippen MR) is 63.5 cm³/mol. The monoisotopic (exact) mass is 204 g/mol. The lowest BCUT2D eigenvalue weighted by molar-refractivity contribution is 0.149. The maximum Gasteiger partial charge on any atom is 0.0978 e. The smallest absolute Gasteiger partial charge is 0.0978 e. The number of hydrogen-bond donors (Lipinski definition) is 0. The molecule has 1 unspecified atom stereocenters. The lowest BCUT2D eigenvalue weighted by Crippen LogP contribution is -2.11. The SMILES string of the molecule is CC1(C=COC2CCCC2)C=CC=CC1. The molecule has 0 bridgehead atoms. The molecule has 0 aliphatic heterocycles. The zero-order valence-electron chi connectivity index (χ0n) is 9.49. The average Bonchev–Trinajstić information content (AvgIpc) is 2.71. The third-order valence-electron chi connectivity index (χ3n) is 3.30. The van der Waals surface area contributed by atoms with E-state index in [9.17, 15) is 0 Å². The van der Waals surface area contributed by atoms with Gasteiger partial charge in [0.05, 0.1) is 12.4 Å². The second kappa shape index (κ2) is 4.69. The Morgan fingerprint density at radius 2 is 2.07 bits per heavy atom. The molecule has 0 aromatic carbocycles. The van der Waals surface area contributed by atoms with Crippen molar-refractivity contribution >= 4 is 0 Å². The van der Waals surface area contributed by atoms with E-state index in [1.165, 1.54) is 25.7 Å². The van der Waals surface area contributed by atoms with Gasteiger partial charge in [0.25, 0.3) is 0 Å². The molecule has 1 saturated carbocycles. The average molecular weight is 204 g/mol. The van der Waals surface area contributed by atoms with Crippen molar-refractivity contribution in [3.8, 4) is 0 Å². The number of hydrogen-bond acceptors (Lipinski definition) is 1. The van der Waals surface area contributed by atoms with Crippen LogP contribution in [0.3, 0.4) is 0 Å². The molecule has 0 aromatic heterocycles. The van der Waals surface area contributed by atoms with Gasteiger partial charge in [-0.15, -0.1) is 0 Å². The van der Waals surface area contributed by atoms with Crippen molar-refractivity contribution in [2.45, 2.75) is 45.1 Å². The highest BCUT2D eigenvalue weighted by Crippen LogP contribution is 2.29. The van der Waals surface area contributed by atoms with Gasteiger partial charge in [0.1, 0.15) is 0 Å². The molecule has 0 amide bonds. The van der Waals surface area contributed by atoms with Crippen LogP contribution in [0.15, 0.2) is 36.6 Å².